The van der Waals surface area contributed by atoms with E-state index in [4.69, 9.17) is 14.2 Å². The highest BCUT2D eigenvalue weighted by Gasteiger charge is 2.22. The first kappa shape index (κ1) is 25.2. The standard InChI is InChI=1S/C22H28N2O7S/c1-6-29-17-8-10-18(11-9-17)30-14-21(25)31-16(3)22(26)23-20-13-19(12-7-15(20)2)32(27,28)24(4)5/h7-13,16H,6,14H2,1-5H3,(H,23,26). The van der Waals surface area contributed by atoms with Crippen LogP contribution in [0.2, 0.25) is 0 Å². The Hall–Kier alpha value is -3.11. The number of ether oxygens (including phenoxy) is 3. The predicted molar refractivity (Wildman–Crippen MR) is 119 cm³/mol. The lowest BCUT2D eigenvalue weighted by Gasteiger charge is -2.17. The predicted octanol–water partition coefficient (Wildman–Crippen LogP) is 2.59. The number of esters is 1. The maximum Gasteiger partial charge on any atom is 0.344 e. The van der Waals surface area contributed by atoms with Gasteiger partial charge in [-0.25, -0.2) is 17.5 Å². The van der Waals surface area contributed by atoms with Crippen molar-refractivity contribution in [2.45, 2.75) is 31.8 Å². The van der Waals surface area contributed by atoms with Crippen molar-refractivity contribution >= 4 is 27.6 Å². The summed E-state index contributed by atoms with van der Waals surface area (Å²) in [6.45, 7) is 5.19. The van der Waals surface area contributed by atoms with Gasteiger partial charge in [0.05, 0.1) is 11.5 Å². The lowest BCUT2D eigenvalue weighted by atomic mass is 10.2. The number of nitrogens with zero attached hydrogens (tertiary/aromatic N) is 1. The van der Waals surface area contributed by atoms with Crippen LogP contribution in [0.25, 0.3) is 0 Å². The monoisotopic (exact) mass is 464 g/mol. The smallest absolute Gasteiger partial charge is 0.344 e. The number of hydrogen-bond donors (Lipinski definition) is 1. The van der Waals surface area contributed by atoms with E-state index in [1.54, 1.807) is 37.3 Å². The van der Waals surface area contributed by atoms with Crippen LogP contribution < -0.4 is 14.8 Å². The highest BCUT2D eigenvalue weighted by molar-refractivity contribution is 7.89. The number of carbonyl (C=O) groups is 2. The van der Waals surface area contributed by atoms with Crippen molar-refractivity contribution in [3.8, 4) is 11.5 Å². The Kier molecular flexibility index (Phi) is 8.62. The van der Waals surface area contributed by atoms with E-state index in [1.807, 2.05) is 6.92 Å². The number of hydrogen-bond acceptors (Lipinski definition) is 7. The van der Waals surface area contributed by atoms with Crippen LogP contribution in [0.15, 0.2) is 47.4 Å². The van der Waals surface area contributed by atoms with Crippen LogP contribution in [-0.2, 0) is 24.3 Å². The van der Waals surface area contributed by atoms with Crippen LogP contribution in [0.5, 0.6) is 11.5 Å². The zero-order chi connectivity index (χ0) is 23.9. The lowest BCUT2D eigenvalue weighted by Crippen LogP contribution is -2.32. The Balaban J connectivity index is 1.94. The summed E-state index contributed by atoms with van der Waals surface area (Å²) >= 11 is 0. The molecule has 174 valence electrons. The molecule has 0 aliphatic rings. The topological polar surface area (TPSA) is 111 Å². The Morgan fingerprint density at radius 2 is 1.62 bits per heavy atom. The molecule has 0 aliphatic carbocycles. The molecule has 1 atom stereocenters. The number of benzene rings is 2. The Morgan fingerprint density at radius 1 is 1.03 bits per heavy atom. The van der Waals surface area contributed by atoms with Crippen molar-refractivity contribution in [1.82, 2.24) is 4.31 Å². The minimum Gasteiger partial charge on any atom is -0.494 e. The van der Waals surface area contributed by atoms with E-state index in [1.165, 1.54) is 33.2 Å². The van der Waals surface area contributed by atoms with Crippen molar-refractivity contribution < 1.29 is 32.2 Å². The van der Waals surface area contributed by atoms with E-state index < -0.39 is 28.0 Å². The average Bonchev–Trinajstić information content (AvgIpc) is 2.74. The third-order valence-corrected chi connectivity index (χ3v) is 6.23. The first-order valence-corrected chi connectivity index (χ1v) is 11.4. The second-order valence-electron chi connectivity index (χ2n) is 7.08. The first-order chi connectivity index (χ1) is 15.0. The molecule has 2 aromatic carbocycles. The fourth-order valence-corrected chi connectivity index (χ4v) is 3.50. The highest BCUT2D eigenvalue weighted by atomic mass is 32.2. The quantitative estimate of drug-likeness (QED) is 0.538. The van der Waals surface area contributed by atoms with Gasteiger partial charge in [0.2, 0.25) is 10.0 Å². The van der Waals surface area contributed by atoms with Crippen LogP contribution in [0.1, 0.15) is 19.4 Å². The summed E-state index contributed by atoms with van der Waals surface area (Å²) in [5, 5.41) is 2.60. The Morgan fingerprint density at radius 3 is 2.19 bits per heavy atom. The van der Waals surface area contributed by atoms with Gasteiger partial charge in [0.25, 0.3) is 5.91 Å². The number of sulfonamides is 1. The minimum atomic E-state index is -3.66. The first-order valence-electron chi connectivity index (χ1n) is 9.93. The molecule has 0 aromatic heterocycles. The Labute approximate surface area is 188 Å². The number of carbonyl (C=O) groups excluding carboxylic acids is 2. The van der Waals surface area contributed by atoms with Crippen molar-refractivity contribution in [2.24, 2.45) is 0 Å². The van der Waals surface area contributed by atoms with Crippen molar-refractivity contribution in [3.63, 3.8) is 0 Å². The molecule has 0 saturated heterocycles. The maximum atomic E-state index is 12.5. The van der Waals surface area contributed by atoms with Gasteiger partial charge in [0.1, 0.15) is 11.5 Å². The van der Waals surface area contributed by atoms with Crippen LogP contribution in [0.4, 0.5) is 5.69 Å². The van der Waals surface area contributed by atoms with E-state index in [0.717, 1.165) is 4.31 Å². The largest absolute Gasteiger partial charge is 0.494 e. The molecule has 0 aliphatic heterocycles. The van der Waals surface area contributed by atoms with Crippen LogP contribution in [0, 0.1) is 6.92 Å². The van der Waals surface area contributed by atoms with Gasteiger partial charge in [-0.15, -0.1) is 0 Å². The molecule has 1 N–H and O–H groups in total. The number of amides is 1. The molecule has 0 radical (unpaired) electrons. The molecule has 1 unspecified atom stereocenters. The summed E-state index contributed by atoms with van der Waals surface area (Å²) in [5.41, 5.74) is 0.972. The molecular formula is C22H28N2O7S. The summed E-state index contributed by atoms with van der Waals surface area (Å²) in [6.07, 6.45) is -1.11. The normalized spacial score (nSPS) is 12.2. The molecule has 0 heterocycles. The number of rotatable bonds is 10. The van der Waals surface area contributed by atoms with Crippen LogP contribution in [-0.4, -0.2) is 58.0 Å². The van der Waals surface area contributed by atoms with Gasteiger partial charge in [0, 0.05) is 19.8 Å². The number of nitrogens with one attached hydrogen (secondary N) is 1. The average molecular weight is 465 g/mol. The molecule has 2 aromatic rings. The Bertz CT molecular complexity index is 1050. The maximum absolute atomic E-state index is 12.5. The molecule has 1 amide bonds. The molecule has 32 heavy (non-hydrogen) atoms. The van der Waals surface area contributed by atoms with Gasteiger partial charge in [-0.2, -0.15) is 0 Å². The molecule has 0 bridgehead atoms. The van der Waals surface area contributed by atoms with Crippen molar-refractivity contribution in [1.29, 1.82) is 0 Å². The molecule has 0 saturated carbocycles. The van der Waals surface area contributed by atoms with Gasteiger partial charge >= 0.3 is 5.97 Å². The summed E-state index contributed by atoms with van der Waals surface area (Å²) < 4.78 is 41.5. The molecule has 2 rings (SSSR count). The van der Waals surface area contributed by atoms with E-state index in [2.05, 4.69) is 5.32 Å². The molecular weight excluding hydrogens is 436 g/mol. The van der Waals surface area contributed by atoms with E-state index in [0.29, 0.717) is 29.4 Å². The highest BCUT2D eigenvalue weighted by Crippen LogP contribution is 2.22. The van der Waals surface area contributed by atoms with Gasteiger partial charge in [-0.05, 0) is 62.7 Å². The second kappa shape index (κ2) is 11.0. The van der Waals surface area contributed by atoms with Gasteiger partial charge < -0.3 is 19.5 Å². The fourth-order valence-electron chi connectivity index (χ4n) is 2.57. The summed E-state index contributed by atoms with van der Waals surface area (Å²) in [4.78, 5) is 24.5. The van der Waals surface area contributed by atoms with Crippen molar-refractivity contribution in [2.75, 3.05) is 32.6 Å². The molecule has 10 heteroatoms. The third-order valence-electron chi connectivity index (χ3n) is 4.41. The summed E-state index contributed by atoms with van der Waals surface area (Å²) in [5.74, 6) is -0.174. The third kappa shape index (κ3) is 6.69. The molecule has 0 fully saturated rings. The van der Waals surface area contributed by atoms with Gasteiger partial charge in [-0.1, -0.05) is 6.07 Å². The zero-order valence-electron chi connectivity index (χ0n) is 18.7. The van der Waals surface area contributed by atoms with E-state index >= 15 is 0 Å². The lowest BCUT2D eigenvalue weighted by molar-refractivity contribution is -0.155. The van der Waals surface area contributed by atoms with Gasteiger partial charge in [-0.3, -0.25) is 4.79 Å². The van der Waals surface area contributed by atoms with E-state index in [-0.39, 0.29) is 11.5 Å². The fraction of sp³-hybridized carbons (Fsp3) is 0.364. The van der Waals surface area contributed by atoms with Gasteiger partial charge in [0.15, 0.2) is 12.7 Å². The van der Waals surface area contributed by atoms with Crippen molar-refractivity contribution in [3.05, 3.63) is 48.0 Å². The van der Waals surface area contributed by atoms with Crippen LogP contribution >= 0.6 is 0 Å². The van der Waals surface area contributed by atoms with Crippen LogP contribution in [0.3, 0.4) is 0 Å². The number of aryl methyl sites for hydroxylation is 1. The number of anilines is 1. The SMILES string of the molecule is CCOc1ccc(OCC(=O)OC(C)C(=O)Nc2cc(S(=O)(=O)N(C)C)ccc2C)cc1. The van der Waals surface area contributed by atoms with E-state index in [9.17, 15) is 18.0 Å². The summed E-state index contributed by atoms with van der Waals surface area (Å²) in [6, 6.07) is 11.2. The minimum absolute atomic E-state index is 0.0387. The zero-order valence-corrected chi connectivity index (χ0v) is 19.6. The molecule has 9 nitrogen and oxygen atoms in total. The second-order valence-corrected chi connectivity index (χ2v) is 9.23. The molecule has 0 spiro atoms. The summed E-state index contributed by atoms with van der Waals surface area (Å²) in [7, 11) is -0.817.